The van der Waals surface area contributed by atoms with Crippen LogP contribution in [0.5, 0.6) is 0 Å². The zero-order valence-electron chi connectivity index (χ0n) is 17.8. The summed E-state index contributed by atoms with van der Waals surface area (Å²) in [7, 11) is 0. The molecule has 0 radical (unpaired) electrons. The summed E-state index contributed by atoms with van der Waals surface area (Å²) in [5.41, 5.74) is 0.421. The van der Waals surface area contributed by atoms with E-state index in [9.17, 15) is 22.0 Å². The van der Waals surface area contributed by atoms with Crippen molar-refractivity contribution in [2.45, 2.75) is 32.5 Å². The minimum atomic E-state index is -4.46. The van der Waals surface area contributed by atoms with Crippen molar-refractivity contribution in [3.63, 3.8) is 0 Å². The molecule has 3 aromatic rings. The lowest BCUT2D eigenvalue weighted by Crippen LogP contribution is -2.58. The van der Waals surface area contributed by atoms with Gasteiger partial charge in [0.25, 0.3) is 6.43 Å². The van der Waals surface area contributed by atoms with Gasteiger partial charge in [-0.2, -0.15) is 18.3 Å². The van der Waals surface area contributed by atoms with Crippen molar-refractivity contribution in [1.82, 2.24) is 24.7 Å². The number of piperidine rings is 2. The highest BCUT2D eigenvalue weighted by atomic mass is 19.4. The van der Waals surface area contributed by atoms with Crippen LogP contribution in [0, 0.1) is 11.3 Å². The SMILES string of the molecule is CC12CC(CN(c3ccc(C(F)(F)F)nc3)C1)CN(c1cnc3cnn(CC(F)F)c3n1)C2. The number of nitrogens with zero attached hydrogens (tertiary/aromatic N) is 7. The number of fused-ring (bicyclic) bond motifs is 3. The van der Waals surface area contributed by atoms with E-state index in [2.05, 4.69) is 36.8 Å². The first kappa shape index (κ1) is 21.8. The Hall–Kier alpha value is -3.05. The van der Waals surface area contributed by atoms with Crippen molar-refractivity contribution in [2.75, 3.05) is 36.0 Å². The zero-order valence-corrected chi connectivity index (χ0v) is 17.8. The Kier molecular flexibility index (Phi) is 5.13. The molecule has 0 spiro atoms. The molecule has 5 heterocycles. The van der Waals surface area contributed by atoms with Crippen molar-refractivity contribution < 1.29 is 22.0 Å². The van der Waals surface area contributed by atoms with Crippen molar-refractivity contribution >= 4 is 22.7 Å². The molecule has 0 N–H and O–H groups in total. The Labute approximate surface area is 186 Å². The van der Waals surface area contributed by atoms with Crippen LogP contribution < -0.4 is 9.80 Å². The average molecular weight is 467 g/mol. The summed E-state index contributed by atoms with van der Waals surface area (Å²) in [4.78, 5) is 16.7. The number of anilines is 2. The van der Waals surface area contributed by atoms with Crippen LogP contribution in [0.4, 0.5) is 33.5 Å². The molecule has 176 valence electrons. The van der Waals surface area contributed by atoms with E-state index >= 15 is 0 Å². The van der Waals surface area contributed by atoms with Gasteiger partial charge in [-0.1, -0.05) is 6.92 Å². The van der Waals surface area contributed by atoms with E-state index in [0.717, 1.165) is 12.5 Å². The highest BCUT2D eigenvalue weighted by molar-refractivity contribution is 5.71. The first-order valence-electron chi connectivity index (χ1n) is 10.6. The van der Waals surface area contributed by atoms with E-state index in [1.54, 1.807) is 6.20 Å². The van der Waals surface area contributed by atoms with E-state index in [4.69, 9.17) is 0 Å². The van der Waals surface area contributed by atoms with Crippen LogP contribution in [0.2, 0.25) is 0 Å². The highest BCUT2D eigenvalue weighted by Gasteiger charge is 2.43. The van der Waals surface area contributed by atoms with Gasteiger partial charge in [0, 0.05) is 31.6 Å². The Balaban J connectivity index is 1.35. The first-order valence-corrected chi connectivity index (χ1v) is 10.6. The zero-order chi connectivity index (χ0) is 23.4. The van der Waals surface area contributed by atoms with Gasteiger partial charge in [-0.15, -0.1) is 0 Å². The molecule has 33 heavy (non-hydrogen) atoms. The summed E-state index contributed by atoms with van der Waals surface area (Å²) in [6.07, 6.45) is -1.68. The summed E-state index contributed by atoms with van der Waals surface area (Å²) >= 11 is 0. The molecule has 5 rings (SSSR count). The number of alkyl halides is 5. The van der Waals surface area contributed by atoms with Gasteiger partial charge < -0.3 is 9.80 Å². The average Bonchev–Trinajstić information content (AvgIpc) is 3.13. The summed E-state index contributed by atoms with van der Waals surface area (Å²) in [5.74, 6) is 0.863. The second kappa shape index (κ2) is 7.77. The Morgan fingerprint density at radius 3 is 2.48 bits per heavy atom. The Bertz CT molecular complexity index is 1150. The lowest BCUT2D eigenvalue weighted by molar-refractivity contribution is -0.141. The van der Waals surface area contributed by atoms with Gasteiger partial charge in [0.2, 0.25) is 0 Å². The molecule has 7 nitrogen and oxygen atoms in total. The molecule has 2 bridgehead atoms. The van der Waals surface area contributed by atoms with Crippen molar-refractivity contribution in [3.8, 4) is 0 Å². The second-order valence-corrected chi connectivity index (χ2v) is 9.20. The molecular formula is C21H22F5N7. The maximum Gasteiger partial charge on any atom is 0.433 e. The van der Waals surface area contributed by atoms with Crippen LogP contribution in [0.25, 0.3) is 11.2 Å². The summed E-state index contributed by atoms with van der Waals surface area (Å²) in [6.45, 7) is 4.28. The van der Waals surface area contributed by atoms with E-state index < -0.39 is 24.8 Å². The molecule has 3 aromatic heterocycles. The molecule has 0 aliphatic carbocycles. The van der Waals surface area contributed by atoms with E-state index in [-0.39, 0.29) is 11.3 Å². The minimum Gasteiger partial charge on any atom is -0.369 e. The van der Waals surface area contributed by atoms with Crippen molar-refractivity contribution in [1.29, 1.82) is 0 Å². The third kappa shape index (κ3) is 4.30. The van der Waals surface area contributed by atoms with Crippen LogP contribution in [0.3, 0.4) is 0 Å². The molecule has 2 fully saturated rings. The summed E-state index contributed by atoms with van der Waals surface area (Å²) in [6, 6.07) is 2.49. The molecule has 2 aliphatic rings. The minimum absolute atomic E-state index is 0.135. The van der Waals surface area contributed by atoms with Gasteiger partial charge in [0.05, 0.1) is 24.3 Å². The topological polar surface area (TPSA) is 63.0 Å². The monoisotopic (exact) mass is 467 g/mol. The quantitative estimate of drug-likeness (QED) is 0.543. The number of hydrogen-bond acceptors (Lipinski definition) is 6. The lowest BCUT2D eigenvalue weighted by atomic mass is 9.73. The second-order valence-electron chi connectivity index (χ2n) is 9.20. The molecule has 0 aromatic carbocycles. The number of halogens is 5. The normalized spacial score (nSPS) is 23.5. The maximum absolute atomic E-state index is 12.9. The van der Waals surface area contributed by atoms with Crippen molar-refractivity contribution in [2.24, 2.45) is 11.3 Å². The fourth-order valence-electron chi connectivity index (χ4n) is 5.11. The number of rotatable bonds is 4. The fourth-order valence-corrected chi connectivity index (χ4v) is 5.11. The van der Waals surface area contributed by atoms with Gasteiger partial charge >= 0.3 is 6.18 Å². The standard InChI is InChI=1S/C21H22F5N7/c1-20-4-13(8-31(11-20)14-2-3-16(28-5-14)21(24,25)26)9-32(12-20)18-7-27-15-6-29-33(10-17(22)23)19(15)30-18/h2-3,5-7,13,17H,4,8-12H2,1H3. The predicted octanol–water partition coefficient (Wildman–Crippen LogP) is 3.86. The Morgan fingerprint density at radius 1 is 1.06 bits per heavy atom. The van der Waals surface area contributed by atoms with Gasteiger partial charge in [-0.05, 0) is 24.5 Å². The lowest BCUT2D eigenvalue weighted by Gasteiger charge is -2.52. The number of aromatic nitrogens is 5. The van der Waals surface area contributed by atoms with Crippen LogP contribution >= 0.6 is 0 Å². The molecule has 12 heteroatoms. The van der Waals surface area contributed by atoms with Gasteiger partial charge in [-0.25, -0.2) is 28.4 Å². The third-order valence-electron chi connectivity index (χ3n) is 6.25. The molecule has 2 aliphatic heterocycles. The molecule has 2 unspecified atom stereocenters. The molecular weight excluding hydrogens is 445 g/mol. The molecule has 2 atom stereocenters. The molecule has 0 amide bonds. The first-order chi connectivity index (χ1) is 15.6. The number of pyridine rings is 1. The number of hydrogen-bond donors (Lipinski definition) is 0. The van der Waals surface area contributed by atoms with Gasteiger partial charge in [0.1, 0.15) is 23.6 Å². The third-order valence-corrected chi connectivity index (χ3v) is 6.25. The van der Waals surface area contributed by atoms with E-state index in [1.165, 1.54) is 23.1 Å². The van der Waals surface area contributed by atoms with E-state index in [1.807, 2.05) is 0 Å². The highest BCUT2D eigenvalue weighted by Crippen LogP contribution is 2.41. The van der Waals surface area contributed by atoms with Crippen LogP contribution in [0.15, 0.2) is 30.7 Å². The predicted molar refractivity (Wildman–Crippen MR) is 111 cm³/mol. The smallest absolute Gasteiger partial charge is 0.369 e. The maximum atomic E-state index is 12.9. The molecule has 0 saturated carbocycles. The van der Waals surface area contributed by atoms with E-state index in [0.29, 0.717) is 48.8 Å². The van der Waals surface area contributed by atoms with Crippen LogP contribution in [-0.2, 0) is 12.7 Å². The van der Waals surface area contributed by atoms with Gasteiger partial charge in [0.15, 0.2) is 5.65 Å². The van der Waals surface area contributed by atoms with Crippen LogP contribution in [0.1, 0.15) is 19.0 Å². The van der Waals surface area contributed by atoms with Crippen LogP contribution in [-0.4, -0.2) is 57.3 Å². The summed E-state index contributed by atoms with van der Waals surface area (Å²) < 4.78 is 65.4. The van der Waals surface area contributed by atoms with Gasteiger partial charge in [-0.3, -0.25) is 0 Å². The van der Waals surface area contributed by atoms with Crippen molar-refractivity contribution in [3.05, 3.63) is 36.4 Å². The Morgan fingerprint density at radius 2 is 1.82 bits per heavy atom. The largest absolute Gasteiger partial charge is 0.433 e. The summed E-state index contributed by atoms with van der Waals surface area (Å²) in [5, 5.41) is 3.97. The fraction of sp³-hybridized carbons (Fsp3) is 0.524. The molecule has 2 saturated heterocycles.